The smallest absolute Gasteiger partial charge is 0.242 e. The minimum absolute atomic E-state index is 0. The van der Waals surface area contributed by atoms with E-state index in [9.17, 15) is 14.4 Å². The van der Waals surface area contributed by atoms with Crippen LogP contribution in [-0.2, 0) is 16.0 Å². The van der Waals surface area contributed by atoms with E-state index < -0.39 is 17.9 Å². The lowest BCUT2D eigenvalue weighted by Crippen LogP contribution is -2.37. The van der Waals surface area contributed by atoms with Gasteiger partial charge in [0.2, 0.25) is 11.8 Å². The summed E-state index contributed by atoms with van der Waals surface area (Å²) in [7, 11) is 0. The van der Waals surface area contributed by atoms with Gasteiger partial charge in [0.15, 0.2) is 5.78 Å². The molecule has 0 spiro atoms. The Morgan fingerprint density at radius 2 is 1.56 bits per heavy atom. The fourth-order valence-electron chi connectivity index (χ4n) is 3.04. The first-order valence-electron chi connectivity index (χ1n) is 9.94. The van der Waals surface area contributed by atoms with Crippen LogP contribution >= 0.6 is 48.2 Å². The minimum atomic E-state index is -0.804. The Morgan fingerprint density at radius 1 is 0.912 bits per heavy atom. The Bertz CT molecular complexity index is 1170. The quantitative estimate of drug-likeness (QED) is 0.239. The maximum atomic E-state index is 13.2. The molecule has 0 fully saturated rings. The van der Waals surface area contributed by atoms with Gasteiger partial charge in [0.1, 0.15) is 0 Å². The fraction of sp³-hybridized carbons (Fsp3) is 0.125. The van der Waals surface area contributed by atoms with Crippen molar-refractivity contribution >= 4 is 77.2 Å². The highest BCUT2D eigenvalue weighted by molar-refractivity contribution is 7.80. The van der Waals surface area contributed by atoms with Crippen LogP contribution in [0.25, 0.3) is 0 Å². The summed E-state index contributed by atoms with van der Waals surface area (Å²) in [4.78, 5) is 38.1. The number of nitrogens with two attached hydrogens (primary N) is 1. The van der Waals surface area contributed by atoms with E-state index in [-0.39, 0.29) is 41.6 Å². The Labute approximate surface area is 219 Å². The van der Waals surface area contributed by atoms with Gasteiger partial charge in [0, 0.05) is 32.6 Å². The molecule has 0 aromatic heterocycles. The molecule has 0 aliphatic carbocycles. The molecule has 0 radical (unpaired) electrons. The number of halogens is 3. The zero-order chi connectivity index (χ0) is 24.0. The molecular formula is C24H22Cl3N3O3S. The summed E-state index contributed by atoms with van der Waals surface area (Å²) < 4.78 is 0. The maximum absolute atomic E-state index is 13.2. The Morgan fingerprint density at radius 3 is 2.18 bits per heavy atom. The predicted octanol–water partition coefficient (Wildman–Crippen LogP) is 5.02. The van der Waals surface area contributed by atoms with Crippen molar-refractivity contribution in [2.24, 2.45) is 5.73 Å². The van der Waals surface area contributed by atoms with Crippen LogP contribution in [-0.4, -0.2) is 29.4 Å². The molecule has 0 saturated carbocycles. The average molecular weight is 539 g/mol. The summed E-state index contributed by atoms with van der Waals surface area (Å²) in [6.45, 7) is 0. The van der Waals surface area contributed by atoms with E-state index in [4.69, 9.17) is 28.9 Å². The standard InChI is InChI=1S/C24H21Cl2N3O3S.ClH/c25-18-7-4-8-19(26)16(18)12-22(30)29-21-10-9-15(28-24(32)20(27)13-33)11-17(21)23(31)14-5-2-1-3-6-14;/h1-11,20,33H,12-13,27H2,(H,28,32)(H,29,30);1H/t20-;/m0./s1. The molecule has 6 nitrogen and oxygen atoms in total. The highest BCUT2D eigenvalue weighted by Gasteiger charge is 2.19. The van der Waals surface area contributed by atoms with Gasteiger partial charge in [-0.25, -0.2) is 0 Å². The van der Waals surface area contributed by atoms with Crippen molar-refractivity contribution in [1.82, 2.24) is 0 Å². The van der Waals surface area contributed by atoms with Crippen LogP contribution in [0, 0.1) is 0 Å². The molecule has 34 heavy (non-hydrogen) atoms. The molecule has 3 rings (SSSR count). The Kier molecular flexibility index (Phi) is 10.4. The highest BCUT2D eigenvalue weighted by Crippen LogP contribution is 2.27. The number of carbonyl (C=O) groups is 3. The number of hydrogen-bond acceptors (Lipinski definition) is 5. The molecule has 0 aliphatic rings. The minimum Gasteiger partial charge on any atom is -0.325 e. The summed E-state index contributed by atoms with van der Waals surface area (Å²) in [5.74, 6) is -0.995. The normalized spacial score (nSPS) is 11.2. The van der Waals surface area contributed by atoms with E-state index in [2.05, 4.69) is 23.3 Å². The molecule has 0 aliphatic heterocycles. The summed E-state index contributed by atoms with van der Waals surface area (Å²) in [6.07, 6.45) is -0.0766. The molecule has 4 N–H and O–H groups in total. The van der Waals surface area contributed by atoms with Crippen molar-refractivity contribution in [2.75, 3.05) is 16.4 Å². The molecule has 1 atom stereocenters. The van der Waals surface area contributed by atoms with Crippen molar-refractivity contribution in [2.45, 2.75) is 12.5 Å². The van der Waals surface area contributed by atoms with Crippen molar-refractivity contribution in [1.29, 1.82) is 0 Å². The zero-order valence-electron chi connectivity index (χ0n) is 17.8. The monoisotopic (exact) mass is 537 g/mol. The van der Waals surface area contributed by atoms with E-state index in [1.165, 1.54) is 6.07 Å². The molecular weight excluding hydrogens is 517 g/mol. The molecule has 3 aromatic rings. The lowest BCUT2D eigenvalue weighted by atomic mass is 10.0. The summed E-state index contributed by atoms with van der Waals surface area (Å²) in [6, 6.07) is 17.4. The first-order valence-corrected chi connectivity index (χ1v) is 11.3. The second-order valence-electron chi connectivity index (χ2n) is 7.16. The van der Waals surface area contributed by atoms with E-state index in [0.717, 1.165) is 0 Å². The molecule has 0 unspecified atom stereocenters. The third kappa shape index (κ3) is 6.98. The first-order chi connectivity index (χ1) is 15.8. The number of hydrogen-bond donors (Lipinski definition) is 4. The van der Waals surface area contributed by atoms with Crippen molar-refractivity contribution in [3.8, 4) is 0 Å². The van der Waals surface area contributed by atoms with Gasteiger partial charge in [-0.15, -0.1) is 12.4 Å². The molecule has 3 aromatic carbocycles. The number of nitrogens with one attached hydrogen (secondary N) is 2. The van der Waals surface area contributed by atoms with Gasteiger partial charge in [0.25, 0.3) is 0 Å². The number of carbonyl (C=O) groups excluding carboxylic acids is 3. The molecule has 0 bridgehead atoms. The number of thiol groups is 1. The van der Waals surface area contributed by atoms with Gasteiger partial charge in [-0.05, 0) is 35.9 Å². The van der Waals surface area contributed by atoms with Crippen molar-refractivity contribution < 1.29 is 14.4 Å². The highest BCUT2D eigenvalue weighted by atomic mass is 35.5. The van der Waals surface area contributed by atoms with Gasteiger partial charge in [-0.3, -0.25) is 14.4 Å². The van der Waals surface area contributed by atoms with E-state index in [0.29, 0.717) is 26.9 Å². The van der Waals surface area contributed by atoms with Crippen LogP contribution in [0.15, 0.2) is 66.7 Å². The van der Waals surface area contributed by atoms with Crippen LogP contribution in [0.2, 0.25) is 10.0 Å². The average Bonchev–Trinajstić information content (AvgIpc) is 2.82. The third-order valence-corrected chi connectivity index (χ3v) is 5.88. The Hall–Kier alpha value is -2.55. The zero-order valence-corrected chi connectivity index (χ0v) is 21.0. The number of rotatable bonds is 8. The second-order valence-corrected chi connectivity index (χ2v) is 8.34. The number of amides is 2. The predicted molar refractivity (Wildman–Crippen MR) is 143 cm³/mol. The SMILES string of the molecule is Cl.N[C@@H](CS)C(=O)Nc1ccc(NC(=O)Cc2c(Cl)cccc2Cl)c(C(=O)c2ccccc2)c1. The largest absolute Gasteiger partial charge is 0.325 e. The molecule has 0 saturated heterocycles. The van der Waals surface area contributed by atoms with Crippen LogP contribution in [0.3, 0.4) is 0 Å². The first kappa shape index (κ1) is 27.7. The number of ketones is 1. The van der Waals surface area contributed by atoms with Crippen molar-refractivity contribution in [3.05, 3.63) is 93.5 Å². The van der Waals surface area contributed by atoms with Crippen LogP contribution in [0.5, 0.6) is 0 Å². The van der Waals surface area contributed by atoms with Gasteiger partial charge >= 0.3 is 0 Å². The number of benzene rings is 3. The van der Waals surface area contributed by atoms with Gasteiger partial charge in [-0.1, -0.05) is 59.6 Å². The van der Waals surface area contributed by atoms with E-state index in [1.54, 1.807) is 60.7 Å². The lowest BCUT2D eigenvalue weighted by molar-refractivity contribution is -0.117. The molecule has 178 valence electrons. The van der Waals surface area contributed by atoms with Gasteiger partial charge in [-0.2, -0.15) is 12.6 Å². The maximum Gasteiger partial charge on any atom is 0.242 e. The second kappa shape index (κ2) is 12.8. The lowest BCUT2D eigenvalue weighted by Gasteiger charge is -2.15. The third-order valence-electron chi connectivity index (χ3n) is 4.77. The molecule has 0 heterocycles. The van der Waals surface area contributed by atoms with E-state index in [1.807, 2.05) is 0 Å². The number of anilines is 2. The molecule has 10 heteroatoms. The van der Waals surface area contributed by atoms with Gasteiger partial charge in [0.05, 0.1) is 18.2 Å². The fourth-order valence-corrected chi connectivity index (χ4v) is 3.73. The summed E-state index contributed by atoms with van der Waals surface area (Å²) >= 11 is 16.4. The van der Waals surface area contributed by atoms with Gasteiger partial charge < -0.3 is 16.4 Å². The topological polar surface area (TPSA) is 101 Å². The Balaban J connectivity index is 0.00000408. The molecule has 2 amide bonds. The van der Waals surface area contributed by atoms with E-state index >= 15 is 0 Å². The van der Waals surface area contributed by atoms with Crippen LogP contribution in [0.1, 0.15) is 21.5 Å². The summed E-state index contributed by atoms with van der Waals surface area (Å²) in [5.41, 5.74) is 7.48. The van der Waals surface area contributed by atoms with Crippen LogP contribution < -0.4 is 16.4 Å². The van der Waals surface area contributed by atoms with Crippen molar-refractivity contribution in [3.63, 3.8) is 0 Å². The summed E-state index contributed by atoms with van der Waals surface area (Å²) in [5, 5.41) is 6.16. The van der Waals surface area contributed by atoms with Crippen LogP contribution in [0.4, 0.5) is 11.4 Å².